The third-order valence-corrected chi connectivity index (χ3v) is 5.84. The normalized spacial score (nSPS) is 18.1. The lowest BCUT2D eigenvalue weighted by Crippen LogP contribution is -2.32. The number of carbonyl (C=O) groups excluding carboxylic acids is 2. The lowest BCUT2D eigenvalue weighted by Gasteiger charge is -2.26. The molecule has 1 aromatic heterocycles. The summed E-state index contributed by atoms with van der Waals surface area (Å²) in [6.45, 7) is 8.65. The third kappa shape index (κ3) is 4.95. The minimum atomic E-state index is -0.707. The first-order chi connectivity index (χ1) is 15.5. The van der Waals surface area contributed by atoms with Gasteiger partial charge in [-0.15, -0.1) is 0 Å². The maximum absolute atomic E-state index is 13.2. The van der Waals surface area contributed by atoms with Crippen molar-refractivity contribution in [2.24, 2.45) is 7.05 Å². The van der Waals surface area contributed by atoms with E-state index in [0.29, 0.717) is 30.0 Å². The van der Waals surface area contributed by atoms with Gasteiger partial charge < -0.3 is 19.6 Å². The molecular formula is C25H34N4O4. The summed E-state index contributed by atoms with van der Waals surface area (Å²) < 4.78 is 7.51. The van der Waals surface area contributed by atoms with Crippen molar-refractivity contribution >= 4 is 17.4 Å². The number of hydrogen-bond acceptors (Lipinski definition) is 6. The molecule has 0 saturated carbocycles. The topological polar surface area (TPSA) is 87.9 Å². The second kappa shape index (κ2) is 9.79. The maximum atomic E-state index is 13.2. The van der Waals surface area contributed by atoms with Gasteiger partial charge in [-0.3, -0.25) is 14.3 Å². The first kappa shape index (κ1) is 24.5. The molecule has 0 radical (unpaired) electrons. The Morgan fingerprint density at radius 1 is 1.24 bits per heavy atom. The fraction of sp³-hybridized carbons (Fsp3) is 0.480. The van der Waals surface area contributed by atoms with Crippen LogP contribution < -0.4 is 4.74 Å². The van der Waals surface area contributed by atoms with Crippen LogP contribution in [0.25, 0.3) is 5.76 Å². The number of aromatic nitrogens is 2. The van der Waals surface area contributed by atoms with E-state index < -0.39 is 17.7 Å². The van der Waals surface area contributed by atoms with Gasteiger partial charge in [0.05, 0.1) is 29.0 Å². The molecule has 0 spiro atoms. The largest absolute Gasteiger partial charge is 0.507 e. The number of hydrogen-bond donors (Lipinski definition) is 1. The van der Waals surface area contributed by atoms with Crippen LogP contribution in [0, 0.1) is 13.8 Å². The van der Waals surface area contributed by atoms with E-state index in [1.807, 2.05) is 64.0 Å². The number of Topliss-reactive ketones (excluding diaryl/α,β-unsaturated/α-hetero) is 1. The van der Waals surface area contributed by atoms with Crippen molar-refractivity contribution in [1.29, 1.82) is 0 Å². The molecule has 178 valence electrons. The van der Waals surface area contributed by atoms with E-state index in [0.717, 1.165) is 17.8 Å². The fourth-order valence-corrected chi connectivity index (χ4v) is 4.30. The second-order valence-corrected chi connectivity index (χ2v) is 9.06. The summed E-state index contributed by atoms with van der Waals surface area (Å²) in [5.41, 5.74) is 2.62. The SMILES string of the molecule is Cc1nn(C)c(C)c1/C(O)=C1\C(=O)C(=O)N(CCCN(C)C)C1c1cccc(OC(C)C)c1. The van der Waals surface area contributed by atoms with Crippen molar-refractivity contribution < 1.29 is 19.4 Å². The molecule has 8 nitrogen and oxygen atoms in total. The Morgan fingerprint density at radius 2 is 1.94 bits per heavy atom. The fourth-order valence-electron chi connectivity index (χ4n) is 4.30. The number of aliphatic hydroxyl groups excluding tert-OH is 1. The molecule has 1 N–H and O–H groups in total. The predicted octanol–water partition coefficient (Wildman–Crippen LogP) is 3.20. The minimum absolute atomic E-state index is 0.0209. The summed E-state index contributed by atoms with van der Waals surface area (Å²) in [5, 5.41) is 15.7. The number of ketones is 1. The van der Waals surface area contributed by atoms with Gasteiger partial charge in [-0.25, -0.2) is 0 Å². The predicted molar refractivity (Wildman–Crippen MR) is 127 cm³/mol. The lowest BCUT2D eigenvalue weighted by molar-refractivity contribution is -0.139. The number of nitrogens with zero attached hydrogens (tertiary/aromatic N) is 4. The van der Waals surface area contributed by atoms with Gasteiger partial charge in [0.2, 0.25) is 0 Å². The van der Waals surface area contributed by atoms with Gasteiger partial charge >= 0.3 is 0 Å². The van der Waals surface area contributed by atoms with Crippen LogP contribution in [0.5, 0.6) is 5.75 Å². The van der Waals surface area contributed by atoms with Crippen LogP contribution in [0.1, 0.15) is 48.8 Å². The van der Waals surface area contributed by atoms with Crippen LogP contribution in [0.2, 0.25) is 0 Å². The zero-order valence-electron chi connectivity index (χ0n) is 20.5. The molecule has 3 rings (SSSR count). The Kier molecular flexibility index (Phi) is 7.27. The molecule has 1 fully saturated rings. The van der Waals surface area contributed by atoms with Gasteiger partial charge in [-0.2, -0.15) is 5.10 Å². The van der Waals surface area contributed by atoms with Crippen molar-refractivity contribution in [3.05, 3.63) is 52.4 Å². The smallest absolute Gasteiger partial charge is 0.295 e. The molecule has 1 unspecified atom stereocenters. The Morgan fingerprint density at radius 3 is 2.52 bits per heavy atom. The molecule has 1 saturated heterocycles. The number of aliphatic hydroxyl groups is 1. The van der Waals surface area contributed by atoms with Gasteiger partial charge in [0, 0.05) is 19.3 Å². The molecule has 0 aliphatic carbocycles. The molecule has 2 heterocycles. The molecule has 1 amide bonds. The molecule has 1 aromatic carbocycles. The van der Waals surface area contributed by atoms with E-state index >= 15 is 0 Å². The summed E-state index contributed by atoms with van der Waals surface area (Å²) in [5.74, 6) is -0.822. The van der Waals surface area contributed by atoms with Crippen molar-refractivity contribution in [2.45, 2.75) is 46.3 Å². The number of rotatable bonds is 8. The van der Waals surface area contributed by atoms with Gasteiger partial charge in [0.1, 0.15) is 11.5 Å². The molecule has 0 bridgehead atoms. The van der Waals surface area contributed by atoms with E-state index in [4.69, 9.17) is 4.74 Å². The molecule has 33 heavy (non-hydrogen) atoms. The van der Waals surface area contributed by atoms with Gasteiger partial charge in [-0.05, 0) is 72.5 Å². The van der Waals surface area contributed by atoms with Crippen LogP contribution >= 0.6 is 0 Å². The number of amides is 1. The summed E-state index contributed by atoms with van der Waals surface area (Å²) in [4.78, 5) is 29.9. The first-order valence-corrected chi connectivity index (χ1v) is 11.2. The van der Waals surface area contributed by atoms with Crippen LogP contribution in [0.15, 0.2) is 29.8 Å². The summed E-state index contributed by atoms with van der Waals surface area (Å²) in [7, 11) is 5.71. The Bertz CT molecular complexity index is 1080. The Labute approximate surface area is 195 Å². The molecule has 8 heteroatoms. The summed E-state index contributed by atoms with van der Waals surface area (Å²) >= 11 is 0. The third-order valence-electron chi connectivity index (χ3n) is 5.84. The molecule has 1 atom stereocenters. The second-order valence-electron chi connectivity index (χ2n) is 9.06. The van der Waals surface area contributed by atoms with E-state index in [9.17, 15) is 14.7 Å². The van der Waals surface area contributed by atoms with Crippen molar-refractivity contribution in [3.63, 3.8) is 0 Å². The van der Waals surface area contributed by atoms with Gasteiger partial charge in [0.25, 0.3) is 11.7 Å². The molecule has 1 aliphatic rings. The number of likely N-dealkylation sites (tertiary alicyclic amines) is 1. The number of carbonyl (C=O) groups is 2. The first-order valence-electron chi connectivity index (χ1n) is 11.2. The van der Waals surface area contributed by atoms with Crippen molar-refractivity contribution in [1.82, 2.24) is 19.6 Å². The highest BCUT2D eigenvalue weighted by atomic mass is 16.5. The van der Waals surface area contributed by atoms with Crippen LogP contribution in [-0.4, -0.2) is 69.7 Å². The molecule has 2 aromatic rings. The van der Waals surface area contributed by atoms with Crippen LogP contribution in [0.4, 0.5) is 0 Å². The average molecular weight is 455 g/mol. The van der Waals surface area contributed by atoms with Gasteiger partial charge in [0.15, 0.2) is 0 Å². The molecule has 1 aliphatic heterocycles. The summed E-state index contributed by atoms with van der Waals surface area (Å²) in [6.07, 6.45) is 0.677. The Balaban J connectivity index is 2.16. The van der Waals surface area contributed by atoms with Crippen molar-refractivity contribution in [2.75, 3.05) is 27.2 Å². The van der Waals surface area contributed by atoms with E-state index in [2.05, 4.69) is 5.10 Å². The lowest BCUT2D eigenvalue weighted by atomic mass is 9.94. The van der Waals surface area contributed by atoms with Crippen molar-refractivity contribution in [3.8, 4) is 5.75 Å². The number of aryl methyl sites for hydroxylation is 2. The monoisotopic (exact) mass is 454 g/mol. The highest BCUT2D eigenvalue weighted by Crippen LogP contribution is 2.41. The van der Waals surface area contributed by atoms with Crippen LogP contribution in [-0.2, 0) is 16.6 Å². The standard InChI is InChI=1S/C25H34N4O4/c1-15(2)33-19-11-8-10-18(14-19)22-21(23(30)20-16(3)26-28(7)17(20)4)24(31)25(32)29(22)13-9-12-27(5)6/h8,10-11,14-15,22,30H,9,12-13H2,1-7H3/b23-21+. The zero-order valence-corrected chi connectivity index (χ0v) is 20.5. The zero-order chi connectivity index (χ0) is 24.4. The van der Waals surface area contributed by atoms with E-state index in [1.165, 1.54) is 0 Å². The molecular weight excluding hydrogens is 420 g/mol. The Hall–Kier alpha value is -3.13. The van der Waals surface area contributed by atoms with E-state index in [-0.39, 0.29) is 17.4 Å². The quantitative estimate of drug-likeness (QED) is 0.374. The highest BCUT2D eigenvalue weighted by molar-refractivity contribution is 6.46. The average Bonchev–Trinajstić information content (AvgIpc) is 3.13. The minimum Gasteiger partial charge on any atom is -0.507 e. The van der Waals surface area contributed by atoms with Gasteiger partial charge in [-0.1, -0.05) is 12.1 Å². The highest BCUT2D eigenvalue weighted by Gasteiger charge is 2.46. The maximum Gasteiger partial charge on any atom is 0.295 e. The number of benzene rings is 1. The summed E-state index contributed by atoms with van der Waals surface area (Å²) in [6, 6.07) is 6.68. The van der Waals surface area contributed by atoms with Crippen LogP contribution in [0.3, 0.4) is 0 Å². The van der Waals surface area contributed by atoms with E-state index in [1.54, 1.807) is 23.6 Å². The number of ether oxygens (including phenoxy) is 1.